The summed E-state index contributed by atoms with van der Waals surface area (Å²) in [4.78, 5) is 12.5. The number of nitro benzene ring substituents is 1. The van der Waals surface area contributed by atoms with Crippen LogP contribution in [0.15, 0.2) is 58.8 Å². The van der Waals surface area contributed by atoms with E-state index >= 15 is 0 Å². The predicted molar refractivity (Wildman–Crippen MR) is 95.4 cm³/mol. The Hall–Kier alpha value is -2.84. The monoisotopic (exact) mass is 354 g/mol. The summed E-state index contributed by atoms with van der Waals surface area (Å²) in [6.45, 7) is 3.38. The molecule has 2 aliphatic rings. The molecule has 0 bridgehead atoms. The van der Waals surface area contributed by atoms with Gasteiger partial charge in [-0.15, -0.1) is 0 Å². The van der Waals surface area contributed by atoms with Crippen LogP contribution in [-0.4, -0.2) is 43.4 Å². The molecule has 0 amide bonds. The minimum atomic E-state index is -0.440. The van der Waals surface area contributed by atoms with Gasteiger partial charge in [0.1, 0.15) is 0 Å². The summed E-state index contributed by atoms with van der Waals surface area (Å²) in [5.41, 5.74) is 2.42. The van der Waals surface area contributed by atoms with E-state index in [1.807, 2.05) is 24.3 Å². The Morgan fingerprint density at radius 1 is 0.923 bits per heavy atom. The van der Waals surface area contributed by atoms with Gasteiger partial charge in [-0.05, 0) is 36.4 Å². The van der Waals surface area contributed by atoms with Crippen molar-refractivity contribution in [2.45, 2.75) is 12.2 Å². The topological polar surface area (TPSA) is 96.2 Å². The van der Waals surface area contributed by atoms with Crippen LogP contribution in [0.1, 0.15) is 0 Å². The Morgan fingerprint density at radius 2 is 1.38 bits per heavy atom. The lowest BCUT2D eigenvalue weighted by Gasteiger charge is -2.23. The largest absolute Gasteiger partial charge is 0.371 e. The standard InChI is InChI=1S/C18H18N4O4/c23-22(24)16-7-3-14(4-8-16)20-19-13-1-5-15(6-2-13)21(9-17-11-25-17)10-18-12-26-18/h1-8,17-18H,9-12H2. The SMILES string of the molecule is O=[N+]([O-])c1ccc(N=Nc2ccc(N(CC3CO3)CC3CO3)cc2)cc1. The van der Waals surface area contributed by atoms with Crippen molar-refractivity contribution < 1.29 is 14.4 Å². The Bertz CT molecular complexity index is 785. The third-order valence-electron chi connectivity index (χ3n) is 4.21. The van der Waals surface area contributed by atoms with Crippen molar-refractivity contribution in [1.82, 2.24) is 0 Å². The number of epoxide rings is 2. The Morgan fingerprint density at radius 3 is 1.81 bits per heavy atom. The minimum Gasteiger partial charge on any atom is -0.371 e. The maximum atomic E-state index is 10.7. The third kappa shape index (κ3) is 4.41. The van der Waals surface area contributed by atoms with E-state index in [4.69, 9.17) is 9.47 Å². The van der Waals surface area contributed by atoms with E-state index in [9.17, 15) is 10.1 Å². The van der Waals surface area contributed by atoms with Crippen LogP contribution in [0, 0.1) is 10.1 Å². The number of benzene rings is 2. The molecule has 2 aliphatic heterocycles. The van der Waals surface area contributed by atoms with Gasteiger partial charge in [0.15, 0.2) is 0 Å². The molecule has 0 radical (unpaired) electrons. The lowest BCUT2D eigenvalue weighted by molar-refractivity contribution is -0.384. The maximum Gasteiger partial charge on any atom is 0.269 e. The lowest BCUT2D eigenvalue weighted by Crippen LogP contribution is -2.31. The maximum absolute atomic E-state index is 10.7. The molecule has 0 aliphatic carbocycles. The van der Waals surface area contributed by atoms with Gasteiger partial charge in [0.25, 0.3) is 5.69 Å². The van der Waals surface area contributed by atoms with Gasteiger partial charge >= 0.3 is 0 Å². The molecule has 0 aromatic heterocycles. The fraction of sp³-hybridized carbons (Fsp3) is 0.333. The zero-order valence-electron chi connectivity index (χ0n) is 14.0. The second-order valence-corrected chi connectivity index (χ2v) is 6.31. The van der Waals surface area contributed by atoms with Crippen molar-refractivity contribution in [1.29, 1.82) is 0 Å². The average Bonchev–Trinajstić information content (AvgIpc) is 3.57. The van der Waals surface area contributed by atoms with Gasteiger partial charge in [0.05, 0.1) is 41.7 Å². The van der Waals surface area contributed by atoms with E-state index in [1.54, 1.807) is 12.1 Å². The molecule has 2 saturated heterocycles. The van der Waals surface area contributed by atoms with Crippen LogP contribution in [0.2, 0.25) is 0 Å². The summed E-state index contributed by atoms with van der Waals surface area (Å²) >= 11 is 0. The highest BCUT2D eigenvalue weighted by Gasteiger charge is 2.30. The number of anilines is 1. The highest BCUT2D eigenvalue weighted by Crippen LogP contribution is 2.26. The van der Waals surface area contributed by atoms with Crippen LogP contribution in [0.5, 0.6) is 0 Å². The Labute approximate surface area is 150 Å². The minimum absolute atomic E-state index is 0.0349. The van der Waals surface area contributed by atoms with E-state index in [0.29, 0.717) is 17.9 Å². The van der Waals surface area contributed by atoms with E-state index in [1.165, 1.54) is 12.1 Å². The fourth-order valence-corrected chi connectivity index (χ4v) is 2.61. The average molecular weight is 354 g/mol. The number of nitrogens with zero attached hydrogens (tertiary/aromatic N) is 4. The number of ether oxygens (including phenoxy) is 2. The molecule has 2 heterocycles. The lowest BCUT2D eigenvalue weighted by atomic mass is 10.2. The molecule has 26 heavy (non-hydrogen) atoms. The van der Waals surface area contributed by atoms with Crippen molar-refractivity contribution in [2.24, 2.45) is 10.2 Å². The summed E-state index contributed by atoms with van der Waals surface area (Å²) in [7, 11) is 0. The van der Waals surface area contributed by atoms with E-state index in [2.05, 4.69) is 15.1 Å². The molecule has 0 spiro atoms. The van der Waals surface area contributed by atoms with Crippen LogP contribution >= 0.6 is 0 Å². The van der Waals surface area contributed by atoms with Crippen molar-refractivity contribution in [3.05, 3.63) is 58.6 Å². The molecule has 0 saturated carbocycles. The van der Waals surface area contributed by atoms with Gasteiger partial charge in [0.2, 0.25) is 0 Å². The number of nitro groups is 1. The van der Waals surface area contributed by atoms with Crippen LogP contribution in [0.3, 0.4) is 0 Å². The first kappa shape index (κ1) is 16.6. The quantitative estimate of drug-likeness (QED) is 0.312. The molecule has 2 unspecified atom stereocenters. The second kappa shape index (κ2) is 7.19. The summed E-state index contributed by atoms with van der Waals surface area (Å²) in [6, 6.07) is 13.8. The van der Waals surface area contributed by atoms with E-state index in [0.717, 1.165) is 37.7 Å². The highest BCUT2D eigenvalue weighted by atomic mass is 16.6. The Kier molecular flexibility index (Phi) is 4.59. The van der Waals surface area contributed by atoms with Crippen molar-refractivity contribution in [2.75, 3.05) is 31.2 Å². The molecular formula is C18H18N4O4. The molecule has 2 fully saturated rings. The molecule has 2 atom stereocenters. The van der Waals surface area contributed by atoms with E-state index < -0.39 is 4.92 Å². The molecule has 134 valence electrons. The first-order chi connectivity index (χ1) is 12.7. The Balaban J connectivity index is 1.41. The van der Waals surface area contributed by atoms with Crippen molar-refractivity contribution in [3.8, 4) is 0 Å². The van der Waals surface area contributed by atoms with Gasteiger partial charge in [-0.25, -0.2) is 0 Å². The summed E-state index contributed by atoms with van der Waals surface area (Å²) in [5.74, 6) is 0. The number of non-ortho nitro benzene ring substituents is 1. The van der Waals surface area contributed by atoms with Gasteiger partial charge in [0, 0.05) is 30.9 Å². The third-order valence-corrected chi connectivity index (χ3v) is 4.21. The van der Waals surface area contributed by atoms with Crippen LogP contribution < -0.4 is 4.90 Å². The van der Waals surface area contributed by atoms with Crippen LogP contribution in [-0.2, 0) is 9.47 Å². The molecule has 2 aromatic carbocycles. The molecule has 0 N–H and O–H groups in total. The molecule has 4 rings (SSSR count). The predicted octanol–water partition coefficient (Wildman–Crippen LogP) is 3.61. The van der Waals surface area contributed by atoms with Crippen LogP contribution in [0.4, 0.5) is 22.7 Å². The van der Waals surface area contributed by atoms with Gasteiger partial charge < -0.3 is 14.4 Å². The number of hydrogen-bond donors (Lipinski definition) is 0. The molecule has 8 nitrogen and oxygen atoms in total. The first-order valence-electron chi connectivity index (χ1n) is 8.42. The van der Waals surface area contributed by atoms with Crippen LogP contribution in [0.25, 0.3) is 0 Å². The number of rotatable bonds is 8. The number of hydrogen-bond acceptors (Lipinski definition) is 7. The number of azo groups is 1. The smallest absolute Gasteiger partial charge is 0.269 e. The van der Waals surface area contributed by atoms with Gasteiger partial charge in [-0.2, -0.15) is 10.2 Å². The normalized spacial score (nSPS) is 20.9. The van der Waals surface area contributed by atoms with Gasteiger partial charge in [-0.3, -0.25) is 10.1 Å². The second-order valence-electron chi connectivity index (χ2n) is 6.31. The van der Waals surface area contributed by atoms with Crippen molar-refractivity contribution in [3.63, 3.8) is 0 Å². The first-order valence-corrected chi connectivity index (χ1v) is 8.42. The zero-order valence-corrected chi connectivity index (χ0v) is 14.0. The molecule has 2 aromatic rings. The fourth-order valence-electron chi connectivity index (χ4n) is 2.61. The van der Waals surface area contributed by atoms with E-state index in [-0.39, 0.29) is 5.69 Å². The summed E-state index contributed by atoms with van der Waals surface area (Å²) in [5, 5.41) is 19.0. The molecular weight excluding hydrogens is 336 g/mol. The molecule has 8 heteroatoms. The highest BCUT2D eigenvalue weighted by molar-refractivity contribution is 5.53. The summed E-state index contributed by atoms with van der Waals surface area (Å²) in [6.07, 6.45) is 0.630. The van der Waals surface area contributed by atoms with Gasteiger partial charge in [-0.1, -0.05) is 0 Å². The van der Waals surface area contributed by atoms with Crippen molar-refractivity contribution >= 4 is 22.7 Å². The summed E-state index contributed by atoms with van der Waals surface area (Å²) < 4.78 is 10.7. The zero-order chi connectivity index (χ0) is 17.9.